The van der Waals surface area contributed by atoms with Gasteiger partial charge in [-0.15, -0.1) is 0 Å². The van der Waals surface area contributed by atoms with Crippen LogP contribution in [0.15, 0.2) is 0 Å². The third-order valence-corrected chi connectivity index (χ3v) is 0.540. The van der Waals surface area contributed by atoms with E-state index in [2.05, 4.69) is 0 Å². The van der Waals surface area contributed by atoms with Gasteiger partial charge in [0.05, 0.1) is 0 Å². The maximum atomic E-state index is 7.88. The molecule has 0 aliphatic rings. The summed E-state index contributed by atoms with van der Waals surface area (Å²) in [6.45, 7) is 0.324. The van der Waals surface area contributed by atoms with Crippen molar-refractivity contribution in [2.45, 2.75) is 4.81 Å². The summed E-state index contributed by atoms with van der Waals surface area (Å²) in [5.74, 6) is 0. The first kappa shape index (κ1) is 4.65. The average molecular weight is 141 g/mol. The second-order valence-electron chi connectivity index (χ2n) is 0.428. The molecule has 0 aromatic heterocycles. The van der Waals surface area contributed by atoms with Crippen molar-refractivity contribution in [3.05, 3.63) is 0 Å². The number of hydrogen-bond acceptors (Lipinski definition) is 1. The van der Waals surface area contributed by atoms with Gasteiger partial charge >= 0.3 is 36.3 Å². The quantitative estimate of drug-likeness (QED) is 0.507. The molecule has 0 unspecified atom stereocenters. The Balaban J connectivity index is 1.97. The Bertz CT molecular complexity index is 8.00. The molecule has 0 saturated heterocycles. The summed E-state index contributed by atoms with van der Waals surface area (Å²) in [6, 6.07) is 0. The Labute approximate surface area is 36.9 Å². The second-order valence-corrected chi connectivity index (χ2v) is 1.43. The molecule has 0 heterocycles. The van der Waals surface area contributed by atoms with E-state index in [0.717, 1.165) is 4.81 Å². The van der Waals surface area contributed by atoms with E-state index in [9.17, 15) is 0 Å². The molecule has 0 spiro atoms. The Morgan fingerprint density at radius 2 is 2.00 bits per heavy atom. The van der Waals surface area contributed by atoms with Gasteiger partial charge in [-0.3, -0.25) is 0 Å². The van der Waals surface area contributed by atoms with Crippen LogP contribution in [-0.4, -0.2) is 11.7 Å². The molecule has 0 amide bonds. The van der Waals surface area contributed by atoms with Crippen LogP contribution in [0.1, 0.15) is 0 Å². The first-order valence-corrected chi connectivity index (χ1v) is 2.52. The van der Waals surface area contributed by atoms with Crippen LogP contribution in [0.5, 0.6) is 0 Å². The van der Waals surface area contributed by atoms with Crippen molar-refractivity contribution in [3.63, 3.8) is 0 Å². The molecule has 2 heteroatoms. The summed E-state index contributed by atoms with van der Waals surface area (Å²) < 4.78 is 0. The van der Waals surface area contributed by atoms with E-state index in [0.29, 0.717) is 6.61 Å². The summed E-state index contributed by atoms with van der Waals surface area (Å²) in [7, 11) is 0. The van der Waals surface area contributed by atoms with E-state index in [1.807, 2.05) is 19.8 Å². The standard InChI is InChI=1S/C2H5O.Mo/c1-2-3;/h3H,1-2H2;. The van der Waals surface area contributed by atoms with Crippen LogP contribution in [0.25, 0.3) is 0 Å². The van der Waals surface area contributed by atoms with E-state index < -0.39 is 0 Å². The fraction of sp³-hybridized carbons (Fsp3) is 1.00. The first-order chi connectivity index (χ1) is 1.91. The van der Waals surface area contributed by atoms with Crippen molar-refractivity contribution in [2.75, 3.05) is 6.61 Å². The Kier molecular flexibility index (Phi) is 4.24. The van der Waals surface area contributed by atoms with Gasteiger partial charge in [-0.2, -0.15) is 0 Å². The van der Waals surface area contributed by atoms with Gasteiger partial charge in [0.2, 0.25) is 0 Å². The zero-order valence-electron chi connectivity index (χ0n) is 2.27. The maximum absolute atomic E-state index is 7.88. The van der Waals surface area contributed by atoms with Crippen LogP contribution >= 0.6 is 0 Å². The van der Waals surface area contributed by atoms with Crippen LogP contribution in [0.4, 0.5) is 0 Å². The van der Waals surface area contributed by atoms with Gasteiger partial charge in [0, 0.05) is 0 Å². The molecule has 25 valence electrons. The van der Waals surface area contributed by atoms with Crippen LogP contribution in [0, 0.1) is 0 Å². The molecule has 0 atom stereocenters. The number of hydrogen-bond donors (Lipinski definition) is 1. The van der Waals surface area contributed by atoms with Gasteiger partial charge in [-0.25, -0.2) is 0 Å². The third-order valence-electron chi connectivity index (χ3n) is 0.0913. The van der Waals surface area contributed by atoms with Gasteiger partial charge in [0.1, 0.15) is 0 Å². The molecule has 0 bridgehead atoms. The second kappa shape index (κ2) is 3.65. The predicted octanol–water partition coefficient (Wildman–Crippen LogP) is -0.0562. The zero-order chi connectivity index (χ0) is 3.41. The van der Waals surface area contributed by atoms with Crippen molar-refractivity contribution in [1.82, 2.24) is 0 Å². The monoisotopic (exact) mass is 143 g/mol. The van der Waals surface area contributed by atoms with E-state index in [-0.39, 0.29) is 0 Å². The van der Waals surface area contributed by atoms with E-state index in [4.69, 9.17) is 5.11 Å². The molecule has 0 saturated carbocycles. The van der Waals surface area contributed by atoms with Crippen molar-refractivity contribution in [2.24, 2.45) is 0 Å². The van der Waals surface area contributed by atoms with Gasteiger partial charge in [-0.05, 0) is 0 Å². The Morgan fingerprint density at radius 3 is 2.00 bits per heavy atom. The van der Waals surface area contributed by atoms with Crippen LogP contribution < -0.4 is 0 Å². The molecule has 1 nitrogen and oxygen atoms in total. The van der Waals surface area contributed by atoms with Crippen LogP contribution in [0.2, 0.25) is 4.81 Å². The molecule has 0 fully saturated rings. The fourth-order valence-electron chi connectivity index (χ4n) is 0. The third kappa shape index (κ3) is 2.65. The van der Waals surface area contributed by atoms with E-state index in [1.54, 1.807) is 0 Å². The molecule has 0 radical (unpaired) electrons. The van der Waals surface area contributed by atoms with Gasteiger partial charge < -0.3 is 0 Å². The summed E-state index contributed by atoms with van der Waals surface area (Å²) in [6.07, 6.45) is 0. The molecule has 0 aliphatic heterocycles. The Morgan fingerprint density at radius 1 is 1.75 bits per heavy atom. The van der Waals surface area contributed by atoms with E-state index in [1.165, 1.54) is 0 Å². The molecule has 0 rings (SSSR count). The Hall–Kier alpha value is 0.648. The summed E-state index contributed by atoms with van der Waals surface area (Å²) in [4.78, 5) is 0.885. The summed E-state index contributed by atoms with van der Waals surface area (Å²) in [5, 5.41) is 7.88. The van der Waals surface area contributed by atoms with E-state index >= 15 is 0 Å². The molecule has 0 aromatic rings. The SMILES string of the molecule is OC[CH2][Mo]. The molecule has 0 aliphatic carbocycles. The van der Waals surface area contributed by atoms with Gasteiger partial charge in [-0.1, -0.05) is 0 Å². The average Bonchev–Trinajstić information content (AvgIpc) is 1.37. The molecule has 0 aromatic carbocycles. The molecular weight excluding hydrogens is 136 g/mol. The normalized spacial score (nSPS) is 7.25. The predicted molar refractivity (Wildman–Crippen MR) is 11.9 cm³/mol. The summed E-state index contributed by atoms with van der Waals surface area (Å²) >= 11 is 1.87. The van der Waals surface area contributed by atoms with Crippen LogP contribution in [-0.2, 0) is 19.8 Å². The number of aliphatic hydroxyl groups is 1. The minimum absolute atomic E-state index is 0.324. The van der Waals surface area contributed by atoms with Gasteiger partial charge in [0.15, 0.2) is 0 Å². The molecule has 1 N–H and O–H groups in total. The number of aliphatic hydroxyl groups excluding tert-OH is 1. The van der Waals surface area contributed by atoms with Crippen molar-refractivity contribution < 1.29 is 24.9 Å². The first-order valence-electron chi connectivity index (χ1n) is 1.10. The van der Waals surface area contributed by atoms with Crippen LogP contribution in [0.3, 0.4) is 0 Å². The number of rotatable bonds is 1. The minimum atomic E-state index is 0.324. The molecular formula is C2H5MoO. The fourth-order valence-corrected chi connectivity index (χ4v) is 0. The van der Waals surface area contributed by atoms with Crippen molar-refractivity contribution in [3.8, 4) is 0 Å². The van der Waals surface area contributed by atoms with Crippen molar-refractivity contribution in [1.29, 1.82) is 0 Å². The topological polar surface area (TPSA) is 20.2 Å². The van der Waals surface area contributed by atoms with Crippen molar-refractivity contribution >= 4 is 0 Å². The van der Waals surface area contributed by atoms with Gasteiger partial charge in [0.25, 0.3) is 0 Å². The zero-order valence-corrected chi connectivity index (χ0v) is 4.28. The molecule has 4 heavy (non-hydrogen) atoms. The summed E-state index contributed by atoms with van der Waals surface area (Å²) in [5.41, 5.74) is 0.